The third-order valence-electron chi connectivity index (χ3n) is 7.68. The van der Waals surface area contributed by atoms with Crippen molar-refractivity contribution in [2.75, 3.05) is 48.6 Å². The Labute approximate surface area is 229 Å². The molecule has 0 bridgehead atoms. The third kappa shape index (κ3) is 7.46. The molecule has 1 N–H and O–H groups in total. The topological polar surface area (TPSA) is 60.4 Å². The summed E-state index contributed by atoms with van der Waals surface area (Å²) in [5, 5.41) is 11.9. The van der Waals surface area contributed by atoms with Gasteiger partial charge in [-0.25, -0.2) is 0 Å². The van der Waals surface area contributed by atoms with Crippen LogP contribution in [-0.4, -0.2) is 64.2 Å². The molecule has 0 fully saturated rings. The first-order chi connectivity index (χ1) is 17.3. The van der Waals surface area contributed by atoms with Crippen LogP contribution in [-0.2, 0) is 12.8 Å². The van der Waals surface area contributed by atoms with E-state index < -0.39 is 5.60 Å². The first kappa shape index (κ1) is 31.1. The Kier molecular flexibility index (Phi) is 11.9. The van der Waals surface area contributed by atoms with E-state index in [1.807, 2.05) is 6.07 Å². The van der Waals surface area contributed by atoms with E-state index in [1.54, 1.807) is 28.4 Å². The van der Waals surface area contributed by atoms with Gasteiger partial charge in [0.05, 0.1) is 34.0 Å². The Morgan fingerprint density at radius 3 is 2.14 bits per heavy atom. The highest BCUT2D eigenvalue weighted by Crippen LogP contribution is 2.48. The van der Waals surface area contributed by atoms with Gasteiger partial charge in [-0.2, -0.15) is 0 Å². The number of rotatable bonds is 13. The molecule has 0 radical (unpaired) electrons. The monoisotopic (exact) mass is 535 g/mol. The van der Waals surface area contributed by atoms with Gasteiger partial charge >= 0.3 is 0 Å². The van der Waals surface area contributed by atoms with Gasteiger partial charge in [0.1, 0.15) is 0 Å². The fourth-order valence-corrected chi connectivity index (χ4v) is 5.74. The molecule has 208 valence electrons. The molecule has 0 aromatic heterocycles. The van der Waals surface area contributed by atoms with Crippen molar-refractivity contribution >= 4 is 12.4 Å². The molecule has 6 nitrogen and oxygen atoms in total. The molecule has 37 heavy (non-hydrogen) atoms. The van der Waals surface area contributed by atoms with E-state index in [0.29, 0.717) is 5.92 Å². The van der Waals surface area contributed by atoms with Crippen LogP contribution in [0.15, 0.2) is 30.3 Å². The zero-order valence-electron chi connectivity index (χ0n) is 23.6. The maximum Gasteiger partial charge on any atom is 0.161 e. The lowest BCUT2D eigenvalue weighted by Crippen LogP contribution is -2.45. The summed E-state index contributed by atoms with van der Waals surface area (Å²) in [6.45, 7) is 6.30. The van der Waals surface area contributed by atoms with Crippen LogP contribution < -0.4 is 18.9 Å². The highest BCUT2D eigenvalue weighted by molar-refractivity contribution is 5.85. The molecule has 0 saturated carbocycles. The summed E-state index contributed by atoms with van der Waals surface area (Å²) in [6, 6.07) is 10.3. The van der Waals surface area contributed by atoms with Gasteiger partial charge in [-0.05, 0) is 99.0 Å². The molecule has 0 unspecified atom stereocenters. The van der Waals surface area contributed by atoms with E-state index in [-0.39, 0.29) is 18.3 Å². The third-order valence-corrected chi connectivity index (χ3v) is 7.68. The molecule has 3 rings (SSSR count). The fraction of sp³-hybridized carbons (Fsp3) is 0.600. The largest absolute Gasteiger partial charge is 0.493 e. The number of hydrogen-bond donors (Lipinski definition) is 1. The highest BCUT2D eigenvalue weighted by Gasteiger charge is 2.43. The number of aliphatic hydroxyl groups is 1. The number of fused-ring (bicyclic) bond motifs is 1. The second kappa shape index (κ2) is 14.1. The average molecular weight is 536 g/mol. The van der Waals surface area contributed by atoms with E-state index in [1.165, 1.54) is 16.7 Å². The molecule has 0 heterocycles. The van der Waals surface area contributed by atoms with Crippen molar-refractivity contribution < 1.29 is 24.1 Å². The van der Waals surface area contributed by atoms with Crippen molar-refractivity contribution in [1.29, 1.82) is 0 Å². The summed E-state index contributed by atoms with van der Waals surface area (Å²) in [5.74, 6) is 3.43. The zero-order valence-corrected chi connectivity index (χ0v) is 24.5. The number of hydrogen-bond acceptors (Lipinski definition) is 6. The number of methoxy groups -OCH3 is 4. The molecule has 0 saturated heterocycles. The van der Waals surface area contributed by atoms with Crippen molar-refractivity contribution in [2.24, 2.45) is 5.92 Å². The molecule has 2 aromatic rings. The van der Waals surface area contributed by atoms with Crippen molar-refractivity contribution in [3.05, 3.63) is 47.0 Å². The van der Waals surface area contributed by atoms with Crippen molar-refractivity contribution in [3.63, 3.8) is 0 Å². The smallest absolute Gasteiger partial charge is 0.161 e. The van der Waals surface area contributed by atoms with E-state index >= 15 is 0 Å². The Bertz CT molecular complexity index is 998. The van der Waals surface area contributed by atoms with Crippen LogP contribution in [0.1, 0.15) is 62.1 Å². The lowest BCUT2D eigenvalue weighted by Gasteiger charge is -2.44. The van der Waals surface area contributed by atoms with Crippen LogP contribution >= 0.6 is 12.4 Å². The minimum atomic E-state index is -0.728. The van der Waals surface area contributed by atoms with Crippen molar-refractivity contribution in [3.8, 4) is 23.0 Å². The minimum Gasteiger partial charge on any atom is -0.493 e. The van der Waals surface area contributed by atoms with Crippen LogP contribution in [0.3, 0.4) is 0 Å². The van der Waals surface area contributed by atoms with Crippen molar-refractivity contribution in [1.82, 2.24) is 4.90 Å². The Morgan fingerprint density at radius 1 is 0.892 bits per heavy atom. The first-order valence-electron chi connectivity index (χ1n) is 13.1. The van der Waals surface area contributed by atoms with Crippen LogP contribution in [0.25, 0.3) is 0 Å². The number of unbranched alkanes of at least 4 members (excludes halogenated alkanes) is 1. The molecule has 0 aliphatic heterocycles. The molecule has 2 aromatic carbocycles. The number of nitrogens with zero attached hydrogens (tertiary/aromatic N) is 1. The van der Waals surface area contributed by atoms with E-state index in [9.17, 15) is 5.11 Å². The van der Waals surface area contributed by atoms with E-state index in [2.05, 4.69) is 50.1 Å². The van der Waals surface area contributed by atoms with Crippen molar-refractivity contribution in [2.45, 2.75) is 63.9 Å². The average Bonchev–Trinajstić information content (AvgIpc) is 2.88. The van der Waals surface area contributed by atoms with Gasteiger partial charge in [0.15, 0.2) is 23.0 Å². The van der Waals surface area contributed by atoms with Gasteiger partial charge in [0.2, 0.25) is 0 Å². The normalized spacial score (nSPS) is 18.8. The van der Waals surface area contributed by atoms with Crippen LogP contribution in [0, 0.1) is 5.92 Å². The van der Waals surface area contributed by atoms with Gasteiger partial charge in [-0.15, -0.1) is 12.4 Å². The van der Waals surface area contributed by atoms with Crippen LogP contribution in [0.4, 0.5) is 0 Å². The zero-order chi connectivity index (χ0) is 26.3. The van der Waals surface area contributed by atoms with E-state index in [4.69, 9.17) is 18.9 Å². The highest BCUT2D eigenvalue weighted by atomic mass is 35.5. The fourth-order valence-electron chi connectivity index (χ4n) is 5.74. The lowest BCUT2D eigenvalue weighted by molar-refractivity contribution is -0.0301. The lowest BCUT2D eigenvalue weighted by atomic mass is 9.66. The predicted molar refractivity (Wildman–Crippen MR) is 152 cm³/mol. The summed E-state index contributed by atoms with van der Waals surface area (Å²) in [5.41, 5.74) is 3.00. The van der Waals surface area contributed by atoms with Gasteiger partial charge < -0.3 is 29.0 Å². The molecular weight excluding hydrogens is 490 g/mol. The second-order valence-electron chi connectivity index (χ2n) is 10.4. The summed E-state index contributed by atoms with van der Waals surface area (Å²) in [6.07, 6.45) is 5.60. The molecule has 0 spiro atoms. The number of benzene rings is 2. The Morgan fingerprint density at radius 2 is 1.51 bits per heavy atom. The number of ether oxygens (including phenoxy) is 4. The molecule has 0 amide bonds. The SMILES string of the molecule is COc1ccc(CCCCN(C)CC[C@@]2(O)CCc3cc(OC)c(OC)cc3[C@@H]2C(C)C)cc1OC.Cl. The van der Waals surface area contributed by atoms with Gasteiger partial charge in [0, 0.05) is 12.5 Å². The maximum atomic E-state index is 11.9. The summed E-state index contributed by atoms with van der Waals surface area (Å²) < 4.78 is 21.9. The molecule has 7 heteroatoms. The van der Waals surface area contributed by atoms with Crippen LogP contribution in [0.5, 0.6) is 23.0 Å². The minimum absolute atomic E-state index is 0. The summed E-state index contributed by atoms with van der Waals surface area (Å²) in [7, 11) is 8.84. The standard InChI is InChI=1S/C30H45NO5.ClH/c1-21(2)29-24-20-28(36-7)27(35-6)19-23(24)13-14-30(29,32)15-17-31(3)16-9-8-10-22-11-12-25(33-4)26(18-22)34-5;/h11-12,18-21,29,32H,8-10,13-17H2,1-7H3;1H/t29-,30-;/m0./s1. The number of aryl methyl sites for hydroxylation is 2. The molecule has 1 aliphatic carbocycles. The first-order valence-corrected chi connectivity index (χ1v) is 13.1. The number of halogens is 1. The molecule has 2 atom stereocenters. The van der Waals surface area contributed by atoms with Gasteiger partial charge in [-0.1, -0.05) is 19.9 Å². The second-order valence-corrected chi connectivity index (χ2v) is 10.4. The predicted octanol–water partition coefficient (Wildman–Crippen LogP) is 5.90. The molecular formula is C30H46ClNO5. The molecule has 1 aliphatic rings. The van der Waals surface area contributed by atoms with Gasteiger partial charge in [-0.3, -0.25) is 0 Å². The Balaban J connectivity index is 0.00000481. The summed E-state index contributed by atoms with van der Waals surface area (Å²) in [4.78, 5) is 2.36. The summed E-state index contributed by atoms with van der Waals surface area (Å²) >= 11 is 0. The maximum absolute atomic E-state index is 11.9. The van der Waals surface area contributed by atoms with Gasteiger partial charge in [0.25, 0.3) is 0 Å². The Hall–Kier alpha value is -2.15. The van der Waals surface area contributed by atoms with Crippen LogP contribution in [0.2, 0.25) is 0 Å². The van der Waals surface area contributed by atoms with E-state index in [0.717, 1.165) is 74.6 Å². The quantitative estimate of drug-likeness (QED) is 0.322.